The van der Waals surface area contributed by atoms with Crippen molar-refractivity contribution in [1.82, 2.24) is 4.98 Å². The van der Waals surface area contributed by atoms with E-state index in [0.29, 0.717) is 16.8 Å². The molecule has 4 heteroatoms. The molecule has 0 aliphatic heterocycles. The summed E-state index contributed by atoms with van der Waals surface area (Å²) in [7, 11) is 1.48. The number of phenolic OH excluding ortho intramolecular Hbond substituents is 1. The van der Waals surface area contributed by atoms with Gasteiger partial charge in [0.1, 0.15) is 6.07 Å². The lowest BCUT2D eigenvalue weighted by atomic mass is 10.1. The van der Waals surface area contributed by atoms with Crippen LogP contribution in [0, 0.1) is 18.3 Å². The summed E-state index contributed by atoms with van der Waals surface area (Å²) in [5.74, 6) is 0.430. The van der Waals surface area contributed by atoms with Gasteiger partial charge in [-0.1, -0.05) is 13.8 Å². The van der Waals surface area contributed by atoms with Crippen molar-refractivity contribution in [3.8, 4) is 17.6 Å². The average Bonchev–Trinajstić information content (AvgIpc) is 2.41. The first-order valence-corrected chi connectivity index (χ1v) is 5.73. The molecular formula is C14H16N2O2. The molecule has 0 atom stereocenters. The second-order valence-corrected chi connectivity index (χ2v) is 3.45. The van der Waals surface area contributed by atoms with E-state index in [2.05, 4.69) is 11.1 Å². The maximum Gasteiger partial charge on any atom is 0.162 e. The van der Waals surface area contributed by atoms with Gasteiger partial charge in [0.15, 0.2) is 11.5 Å². The van der Waals surface area contributed by atoms with E-state index in [9.17, 15) is 5.11 Å². The number of nitriles is 1. The van der Waals surface area contributed by atoms with Crippen LogP contribution in [-0.4, -0.2) is 17.2 Å². The number of nitrogens with zero attached hydrogens (tertiary/aromatic N) is 2. The lowest BCUT2D eigenvalue weighted by Crippen LogP contribution is -1.90. The summed E-state index contributed by atoms with van der Waals surface area (Å²) in [6, 6.07) is 5.28. The van der Waals surface area contributed by atoms with Crippen LogP contribution in [0.4, 0.5) is 0 Å². The van der Waals surface area contributed by atoms with Crippen molar-refractivity contribution in [2.24, 2.45) is 0 Å². The normalized spacial score (nSPS) is 9.28. The maximum absolute atomic E-state index is 9.66. The quantitative estimate of drug-likeness (QED) is 0.836. The highest BCUT2D eigenvalue weighted by molar-refractivity contribution is 5.86. The van der Waals surface area contributed by atoms with Crippen molar-refractivity contribution in [2.75, 3.05) is 7.11 Å². The minimum Gasteiger partial charge on any atom is -0.504 e. The Kier molecular flexibility index (Phi) is 4.50. The van der Waals surface area contributed by atoms with Crippen molar-refractivity contribution < 1.29 is 9.84 Å². The SMILES string of the molecule is CC.COc1cc2ncc(C#N)c(C)c2cc1O. The van der Waals surface area contributed by atoms with Crippen molar-refractivity contribution in [1.29, 1.82) is 5.26 Å². The Balaban J connectivity index is 0.000000771. The molecular weight excluding hydrogens is 228 g/mol. The van der Waals surface area contributed by atoms with Gasteiger partial charge in [0.25, 0.3) is 0 Å². The Labute approximate surface area is 106 Å². The van der Waals surface area contributed by atoms with Crippen molar-refractivity contribution in [3.63, 3.8) is 0 Å². The van der Waals surface area contributed by atoms with E-state index < -0.39 is 0 Å². The lowest BCUT2D eigenvalue weighted by Gasteiger charge is -2.07. The molecule has 2 rings (SSSR count). The van der Waals surface area contributed by atoms with Gasteiger partial charge in [-0.2, -0.15) is 5.26 Å². The van der Waals surface area contributed by atoms with Gasteiger partial charge in [0.05, 0.1) is 18.2 Å². The summed E-state index contributed by atoms with van der Waals surface area (Å²) in [4.78, 5) is 4.15. The Bertz CT molecular complexity index is 601. The Morgan fingerprint density at radius 2 is 2.00 bits per heavy atom. The van der Waals surface area contributed by atoms with E-state index in [-0.39, 0.29) is 5.75 Å². The van der Waals surface area contributed by atoms with Crippen LogP contribution in [0.1, 0.15) is 25.0 Å². The van der Waals surface area contributed by atoms with Crippen LogP contribution in [-0.2, 0) is 0 Å². The molecule has 0 unspecified atom stereocenters. The molecule has 0 amide bonds. The largest absolute Gasteiger partial charge is 0.504 e. The molecule has 0 saturated carbocycles. The van der Waals surface area contributed by atoms with Crippen LogP contribution >= 0.6 is 0 Å². The molecule has 1 heterocycles. The number of benzene rings is 1. The summed E-state index contributed by atoms with van der Waals surface area (Å²) < 4.78 is 4.99. The number of phenols is 1. The minimum atomic E-state index is 0.0509. The van der Waals surface area contributed by atoms with Gasteiger partial charge in [0.2, 0.25) is 0 Å². The van der Waals surface area contributed by atoms with E-state index in [1.165, 1.54) is 13.3 Å². The van der Waals surface area contributed by atoms with Crippen molar-refractivity contribution >= 4 is 10.9 Å². The smallest absolute Gasteiger partial charge is 0.162 e. The lowest BCUT2D eigenvalue weighted by molar-refractivity contribution is 0.374. The number of methoxy groups -OCH3 is 1. The molecule has 1 aromatic heterocycles. The molecule has 0 fully saturated rings. The number of aromatic hydroxyl groups is 1. The van der Waals surface area contributed by atoms with E-state index in [1.54, 1.807) is 12.1 Å². The van der Waals surface area contributed by atoms with Gasteiger partial charge in [-0.05, 0) is 18.6 Å². The second-order valence-electron chi connectivity index (χ2n) is 3.45. The fourth-order valence-corrected chi connectivity index (χ4v) is 1.62. The summed E-state index contributed by atoms with van der Waals surface area (Å²) in [6.45, 7) is 5.83. The molecule has 18 heavy (non-hydrogen) atoms. The highest BCUT2D eigenvalue weighted by atomic mass is 16.5. The minimum absolute atomic E-state index is 0.0509. The molecule has 0 spiro atoms. The number of aromatic nitrogens is 1. The number of fused-ring (bicyclic) bond motifs is 1. The predicted octanol–water partition coefficient (Wildman–Crippen LogP) is 3.16. The van der Waals surface area contributed by atoms with Crippen molar-refractivity contribution in [3.05, 3.63) is 29.5 Å². The van der Waals surface area contributed by atoms with E-state index in [4.69, 9.17) is 10.00 Å². The summed E-state index contributed by atoms with van der Waals surface area (Å²) in [6.07, 6.45) is 1.52. The van der Waals surface area contributed by atoms with Gasteiger partial charge in [-0.25, -0.2) is 0 Å². The fourth-order valence-electron chi connectivity index (χ4n) is 1.62. The van der Waals surface area contributed by atoms with E-state index >= 15 is 0 Å². The third-order valence-corrected chi connectivity index (χ3v) is 2.56. The van der Waals surface area contributed by atoms with E-state index in [1.807, 2.05) is 20.8 Å². The highest BCUT2D eigenvalue weighted by Crippen LogP contribution is 2.32. The van der Waals surface area contributed by atoms with E-state index in [0.717, 1.165) is 10.9 Å². The molecule has 2 aromatic rings. The average molecular weight is 244 g/mol. The third-order valence-electron chi connectivity index (χ3n) is 2.56. The predicted molar refractivity (Wildman–Crippen MR) is 70.8 cm³/mol. The number of rotatable bonds is 1. The molecule has 1 N–H and O–H groups in total. The first kappa shape index (κ1) is 13.8. The number of pyridine rings is 1. The van der Waals surface area contributed by atoms with Gasteiger partial charge in [0, 0.05) is 17.6 Å². The molecule has 0 aliphatic rings. The zero-order chi connectivity index (χ0) is 13.7. The molecule has 0 saturated heterocycles. The summed E-state index contributed by atoms with van der Waals surface area (Å²) in [5, 5.41) is 19.3. The summed E-state index contributed by atoms with van der Waals surface area (Å²) in [5.41, 5.74) is 2.02. The molecule has 1 aromatic carbocycles. The number of hydrogen-bond acceptors (Lipinski definition) is 4. The molecule has 0 radical (unpaired) electrons. The zero-order valence-corrected chi connectivity index (χ0v) is 11.0. The Hall–Kier alpha value is -2.28. The van der Waals surface area contributed by atoms with Gasteiger partial charge in [-0.3, -0.25) is 4.98 Å². The van der Waals surface area contributed by atoms with Crippen LogP contribution in [0.5, 0.6) is 11.5 Å². The molecule has 94 valence electrons. The van der Waals surface area contributed by atoms with Crippen LogP contribution in [0.3, 0.4) is 0 Å². The number of aryl methyl sites for hydroxylation is 1. The standard InChI is InChI=1S/C12H10N2O2.C2H6/c1-7-8(5-13)6-14-10-4-12(16-2)11(15)3-9(7)10;1-2/h3-4,6,15H,1-2H3;1-2H3. The van der Waals surface area contributed by atoms with Crippen LogP contribution in [0.25, 0.3) is 10.9 Å². The Morgan fingerprint density at radius 3 is 2.56 bits per heavy atom. The molecule has 4 nitrogen and oxygen atoms in total. The van der Waals surface area contributed by atoms with Gasteiger partial charge < -0.3 is 9.84 Å². The first-order chi connectivity index (χ1) is 8.67. The van der Waals surface area contributed by atoms with Gasteiger partial charge >= 0.3 is 0 Å². The second kappa shape index (κ2) is 5.87. The maximum atomic E-state index is 9.66. The number of ether oxygens (including phenoxy) is 1. The van der Waals surface area contributed by atoms with Crippen LogP contribution < -0.4 is 4.74 Å². The fraction of sp³-hybridized carbons (Fsp3) is 0.286. The topological polar surface area (TPSA) is 66.1 Å². The monoisotopic (exact) mass is 244 g/mol. The molecule has 0 aliphatic carbocycles. The van der Waals surface area contributed by atoms with Gasteiger partial charge in [-0.15, -0.1) is 0 Å². The zero-order valence-electron chi connectivity index (χ0n) is 11.0. The first-order valence-electron chi connectivity index (χ1n) is 5.73. The Morgan fingerprint density at radius 1 is 1.33 bits per heavy atom. The third kappa shape index (κ3) is 2.35. The van der Waals surface area contributed by atoms with Crippen molar-refractivity contribution in [2.45, 2.75) is 20.8 Å². The van der Waals surface area contributed by atoms with Crippen LogP contribution in [0.2, 0.25) is 0 Å². The number of hydrogen-bond donors (Lipinski definition) is 1. The van der Waals surface area contributed by atoms with Crippen LogP contribution in [0.15, 0.2) is 18.3 Å². The molecule has 0 bridgehead atoms. The summed E-state index contributed by atoms with van der Waals surface area (Å²) >= 11 is 0. The highest BCUT2D eigenvalue weighted by Gasteiger charge is 2.09.